The monoisotopic (exact) mass is 218 g/mol. The van der Waals surface area contributed by atoms with E-state index in [2.05, 4.69) is 16.1 Å². The quantitative estimate of drug-likeness (QED) is 0.780. The van der Waals surface area contributed by atoms with Crippen LogP contribution in [0.25, 0.3) is 6.08 Å². The molecule has 16 heavy (non-hydrogen) atoms. The molecule has 0 radical (unpaired) electrons. The van der Waals surface area contributed by atoms with Crippen LogP contribution in [0.1, 0.15) is 31.4 Å². The Kier molecular flexibility index (Phi) is 2.79. The van der Waals surface area contributed by atoms with E-state index in [9.17, 15) is 0 Å². The Morgan fingerprint density at radius 2 is 2.31 bits per heavy atom. The van der Waals surface area contributed by atoms with Crippen molar-refractivity contribution in [1.82, 2.24) is 10.1 Å². The third-order valence-electron chi connectivity index (χ3n) is 3.92. The van der Waals surface area contributed by atoms with Gasteiger partial charge in [0.15, 0.2) is 5.76 Å². The highest BCUT2D eigenvalue weighted by atomic mass is 16.5. The average molecular weight is 218 g/mol. The summed E-state index contributed by atoms with van der Waals surface area (Å²) in [5.74, 6) is 1.85. The topological polar surface area (TPSA) is 29.3 Å². The number of hydrogen-bond acceptors (Lipinski definition) is 3. The predicted octanol–water partition coefficient (Wildman–Crippen LogP) is 2.56. The van der Waals surface area contributed by atoms with Crippen molar-refractivity contribution in [2.75, 3.05) is 13.1 Å². The van der Waals surface area contributed by atoms with Gasteiger partial charge in [0.05, 0.1) is 6.20 Å². The lowest BCUT2D eigenvalue weighted by Crippen LogP contribution is -2.48. The first-order valence-corrected chi connectivity index (χ1v) is 6.23. The first-order chi connectivity index (χ1) is 7.92. The highest BCUT2D eigenvalue weighted by Gasteiger charge is 2.32. The molecule has 3 heteroatoms. The molecule has 1 unspecified atom stereocenters. The molecule has 1 atom stereocenters. The molecule has 0 aromatic carbocycles. The van der Waals surface area contributed by atoms with Crippen LogP contribution in [0.3, 0.4) is 0 Å². The van der Waals surface area contributed by atoms with Crippen LogP contribution in [-0.2, 0) is 0 Å². The number of fused-ring (bicyclic) bond motifs is 3. The molecular formula is C13H18N2O. The number of rotatable bonds is 3. The van der Waals surface area contributed by atoms with Gasteiger partial charge in [-0.15, -0.1) is 0 Å². The summed E-state index contributed by atoms with van der Waals surface area (Å²) in [4.78, 5) is 2.64. The molecule has 1 aromatic rings. The van der Waals surface area contributed by atoms with Crippen molar-refractivity contribution in [3.8, 4) is 0 Å². The molecule has 0 amide bonds. The molecule has 4 heterocycles. The molecule has 3 fully saturated rings. The normalized spacial score (nSPS) is 33.6. The van der Waals surface area contributed by atoms with Crippen molar-refractivity contribution < 1.29 is 4.52 Å². The Bertz CT molecular complexity index is 350. The molecule has 3 aliphatic rings. The summed E-state index contributed by atoms with van der Waals surface area (Å²) in [5.41, 5.74) is 0. The van der Waals surface area contributed by atoms with Crippen LogP contribution in [0.2, 0.25) is 0 Å². The SMILES string of the molecule is C(=C\c1ccno1)/CC1CC2CCN1CC2. The van der Waals surface area contributed by atoms with Gasteiger partial charge in [0.2, 0.25) is 0 Å². The second-order valence-electron chi connectivity index (χ2n) is 4.92. The molecule has 0 saturated carbocycles. The Balaban J connectivity index is 1.55. The minimum Gasteiger partial charge on any atom is -0.357 e. The van der Waals surface area contributed by atoms with Gasteiger partial charge in [-0.05, 0) is 50.8 Å². The lowest BCUT2D eigenvalue weighted by atomic mass is 9.82. The Hall–Kier alpha value is -1.09. The van der Waals surface area contributed by atoms with Crippen molar-refractivity contribution in [3.63, 3.8) is 0 Å². The number of aromatic nitrogens is 1. The molecule has 0 spiro atoms. The van der Waals surface area contributed by atoms with E-state index < -0.39 is 0 Å². The summed E-state index contributed by atoms with van der Waals surface area (Å²) in [7, 11) is 0. The van der Waals surface area contributed by atoms with Gasteiger partial charge < -0.3 is 9.42 Å². The first kappa shape index (κ1) is 10.1. The van der Waals surface area contributed by atoms with E-state index in [0.29, 0.717) is 0 Å². The summed E-state index contributed by atoms with van der Waals surface area (Å²) < 4.78 is 5.03. The van der Waals surface area contributed by atoms with E-state index in [4.69, 9.17) is 4.52 Å². The van der Waals surface area contributed by atoms with Crippen molar-refractivity contribution in [1.29, 1.82) is 0 Å². The zero-order valence-corrected chi connectivity index (χ0v) is 9.51. The Labute approximate surface area is 96.1 Å². The number of piperidine rings is 3. The van der Waals surface area contributed by atoms with Crippen molar-refractivity contribution in [2.24, 2.45) is 5.92 Å². The second-order valence-corrected chi connectivity index (χ2v) is 4.92. The van der Waals surface area contributed by atoms with Gasteiger partial charge in [0, 0.05) is 12.1 Å². The summed E-state index contributed by atoms with van der Waals surface area (Å²) in [6.45, 7) is 2.62. The highest BCUT2D eigenvalue weighted by Crippen LogP contribution is 2.33. The van der Waals surface area contributed by atoms with Crippen LogP contribution in [-0.4, -0.2) is 29.2 Å². The van der Waals surface area contributed by atoms with Gasteiger partial charge in [-0.1, -0.05) is 11.2 Å². The lowest BCUT2D eigenvalue weighted by molar-refractivity contribution is 0.0513. The van der Waals surface area contributed by atoms with E-state index in [-0.39, 0.29) is 0 Å². The van der Waals surface area contributed by atoms with E-state index in [0.717, 1.165) is 24.1 Å². The smallest absolute Gasteiger partial charge is 0.159 e. The molecule has 1 aromatic heterocycles. The van der Waals surface area contributed by atoms with Crippen LogP contribution in [0.15, 0.2) is 22.9 Å². The molecule has 3 nitrogen and oxygen atoms in total. The number of nitrogens with zero attached hydrogens (tertiary/aromatic N) is 2. The maximum Gasteiger partial charge on any atom is 0.159 e. The number of hydrogen-bond donors (Lipinski definition) is 0. The van der Waals surface area contributed by atoms with Crippen molar-refractivity contribution >= 4 is 6.08 Å². The largest absolute Gasteiger partial charge is 0.357 e. The van der Waals surface area contributed by atoms with Gasteiger partial charge in [-0.2, -0.15) is 0 Å². The molecular weight excluding hydrogens is 200 g/mol. The summed E-state index contributed by atoms with van der Waals surface area (Å²) >= 11 is 0. The fourth-order valence-electron chi connectivity index (χ4n) is 2.99. The molecule has 3 saturated heterocycles. The maximum absolute atomic E-state index is 5.03. The van der Waals surface area contributed by atoms with Crippen LogP contribution >= 0.6 is 0 Å². The fourth-order valence-corrected chi connectivity index (χ4v) is 2.99. The van der Waals surface area contributed by atoms with E-state index in [1.54, 1.807) is 6.20 Å². The summed E-state index contributed by atoms with van der Waals surface area (Å²) in [6.07, 6.45) is 11.3. The van der Waals surface area contributed by atoms with E-state index in [1.807, 2.05) is 12.1 Å². The molecule has 86 valence electrons. The zero-order chi connectivity index (χ0) is 10.8. The van der Waals surface area contributed by atoms with Crippen LogP contribution in [0.4, 0.5) is 0 Å². The van der Waals surface area contributed by atoms with Gasteiger partial charge in [-0.3, -0.25) is 0 Å². The first-order valence-electron chi connectivity index (χ1n) is 6.23. The predicted molar refractivity (Wildman–Crippen MR) is 62.9 cm³/mol. The average Bonchev–Trinajstić information content (AvgIpc) is 2.84. The Morgan fingerprint density at radius 3 is 2.94 bits per heavy atom. The third kappa shape index (κ3) is 2.05. The molecule has 3 aliphatic heterocycles. The zero-order valence-electron chi connectivity index (χ0n) is 9.51. The Morgan fingerprint density at radius 1 is 1.44 bits per heavy atom. The van der Waals surface area contributed by atoms with Gasteiger partial charge >= 0.3 is 0 Å². The van der Waals surface area contributed by atoms with E-state index in [1.165, 1.54) is 32.4 Å². The standard InChI is InChI=1S/C13H18N2O/c1(3-13-4-7-14-16-13)2-12-10-11-5-8-15(12)9-6-11/h1,3-4,7,11-12H,2,5-6,8-10H2/b3-1+. The van der Waals surface area contributed by atoms with Crippen molar-refractivity contribution in [3.05, 3.63) is 24.1 Å². The second kappa shape index (κ2) is 4.42. The molecule has 0 N–H and O–H groups in total. The van der Waals surface area contributed by atoms with Crippen LogP contribution < -0.4 is 0 Å². The van der Waals surface area contributed by atoms with E-state index >= 15 is 0 Å². The fraction of sp³-hybridized carbons (Fsp3) is 0.615. The third-order valence-corrected chi connectivity index (χ3v) is 3.92. The molecule has 2 bridgehead atoms. The maximum atomic E-state index is 5.03. The van der Waals surface area contributed by atoms with Gasteiger partial charge in [0.25, 0.3) is 0 Å². The highest BCUT2D eigenvalue weighted by molar-refractivity contribution is 5.41. The summed E-state index contributed by atoms with van der Waals surface area (Å²) in [6, 6.07) is 2.66. The lowest BCUT2D eigenvalue weighted by Gasteiger charge is -2.45. The van der Waals surface area contributed by atoms with Crippen molar-refractivity contribution in [2.45, 2.75) is 31.7 Å². The minimum atomic E-state index is 0.770. The molecule has 4 rings (SSSR count). The van der Waals surface area contributed by atoms with Crippen LogP contribution in [0.5, 0.6) is 0 Å². The van der Waals surface area contributed by atoms with Crippen LogP contribution in [0, 0.1) is 5.92 Å². The summed E-state index contributed by atoms with van der Waals surface area (Å²) in [5, 5.41) is 3.69. The minimum absolute atomic E-state index is 0.770. The molecule has 0 aliphatic carbocycles. The van der Waals surface area contributed by atoms with Gasteiger partial charge in [-0.25, -0.2) is 0 Å². The van der Waals surface area contributed by atoms with Gasteiger partial charge in [0.1, 0.15) is 0 Å².